The highest BCUT2D eigenvalue weighted by molar-refractivity contribution is 6.17. The van der Waals surface area contributed by atoms with Crippen LogP contribution in [-0.4, -0.2) is 18.2 Å². The Morgan fingerprint density at radius 1 is 1.50 bits per heavy atom. The molecular formula is C11H10O3. The largest absolute Gasteiger partial charge is 0.497 e. The van der Waals surface area contributed by atoms with Gasteiger partial charge in [0.2, 0.25) is 0 Å². The number of allylic oxidation sites excluding steroid dienone is 1. The summed E-state index contributed by atoms with van der Waals surface area (Å²) in [7, 11) is 1.60. The molecule has 1 aliphatic rings. The predicted molar refractivity (Wildman–Crippen MR) is 52.3 cm³/mol. The number of benzene rings is 1. The quantitative estimate of drug-likeness (QED) is 0.772. The number of aliphatic carboxylic acids is 1. The number of hydrogen-bond donors (Lipinski definition) is 1. The molecule has 0 bridgehead atoms. The van der Waals surface area contributed by atoms with Gasteiger partial charge >= 0.3 is 5.97 Å². The highest BCUT2D eigenvalue weighted by Gasteiger charge is 2.19. The van der Waals surface area contributed by atoms with Crippen molar-refractivity contribution in [1.29, 1.82) is 0 Å². The van der Waals surface area contributed by atoms with Gasteiger partial charge in [0.25, 0.3) is 0 Å². The first-order valence-electron chi connectivity index (χ1n) is 4.33. The zero-order valence-electron chi connectivity index (χ0n) is 7.78. The topological polar surface area (TPSA) is 46.5 Å². The van der Waals surface area contributed by atoms with Crippen LogP contribution < -0.4 is 4.74 Å². The van der Waals surface area contributed by atoms with Crippen LogP contribution in [0.5, 0.6) is 5.75 Å². The Kier molecular flexibility index (Phi) is 2.00. The average Bonchev–Trinajstić information content (AvgIpc) is 2.59. The number of fused-ring (bicyclic) bond motifs is 1. The molecule has 0 aliphatic heterocycles. The minimum Gasteiger partial charge on any atom is -0.497 e. The summed E-state index contributed by atoms with van der Waals surface area (Å²) < 4.78 is 5.06. The van der Waals surface area contributed by atoms with Crippen LogP contribution in [0.15, 0.2) is 24.3 Å². The molecule has 0 spiro atoms. The van der Waals surface area contributed by atoms with Crippen molar-refractivity contribution in [3.8, 4) is 5.75 Å². The number of hydrogen-bond acceptors (Lipinski definition) is 2. The van der Waals surface area contributed by atoms with E-state index < -0.39 is 5.97 Å². The lowest BCUT2D eigenvalue weighted by molar-refractivity contribution is -0.130. The second-order valence-electron chi connectivity index (χ2n) is 3.15. The molecule has 72 valence electrons. The Labute approximate surface area is 81.6 Å². The fraction of sp³-hybridized carbons (Fsp3) is 0.182. The van der Waals surface area contributed by atoms with Gasteiger partial charge in [-0.3, -0.25) is 0 Å². The van der Waals surface area contributed by atoms with E-state index in [2.05, 4.69) is 0 Å². The third-order valence-corrected chi connectivity index (χ3v) is 2.36. The van der Waals surface area contributed by atoms with Crippen molar-refractivity contribution < 1.29 is 14.6 Å². The molecule has 0 radical (unpaired) electrons. The molecule has 0 unspecified atom stereocenters. The number of carbonyl (C=O) groups is 1. The first kappa shape index (κ1) is 8.81. The molecule has 0 atom stereocenters. The van der Waals surface area contributed by atoms with Gasteiger partial charge in [-0.25, -0.2) is 4.79 Å². The van der Waals surface area contributed by atoms with E-state index in [1.54, 1.807) is 25.3 Å². The summed E-state index contributed by atoms with van der Waals surface area (Å²) in [6.07, 6.45) is 2.40. The van der Waals surface area contributed by atoms with E-state index in [-0.39, 0.29) is 0 Å². The molecule has 1 aromatic carbocycles. The SMILES string of the molecule is COc1ccc2c(c1)CC=C2C(=O)O. The van der Waals surface area contributed by atoms with Gasteiger partial charge in [0.1, 0.15) is 5.75 Å². The van der Waals surface area contributed by atoms with Crippen LogP contribution in [0, 0.1) is 0 Å². The Morgan fingerprint density at radius 2 is 2.29 bits per heavy atom. The molecule has 14 heavy (non-hydrogen) atoms. The van der Waals surface area contributed by atoms with Gasteiger partial charge in [-0.15, -0.1) is 0 Å². The summed E-state index contributed by atoms with van der Waals surface area (Å²) in [6, 6.07) is 5.45. The minimum absolute atomic E-state index is 0.391. The van der Waals surface area contributed by atoms with E-state index in [1.165, 1.54) is 0 Å². The molecule has 3 nitrogen and oxygen atoms in total. The van der Waals surface area contributed by atoms with Crippen LogP contribution in [-0.2, 0) is 11.2 Å². The maximum Gasteiger partial charge on any atom is 0.335 e. The number of methoxy groups -OCH3 is 1. The van der Waals surface area contributed by atoms with Crippen molar-refractivity contribution in [2.45, 2.75) is 6.42 Å². The number of ether oxygens (including phenoxy) is 1. The summed E-state index contributed by atoms with van der Waals surface area (Å²) in [4.78, 5) is 10.8. The lowest BCUT2D eigenvalue weighted by Crippen LogP contribution is -1.97. The second kappa shape index (κ2) is 3.18. The Hall–Kier alpha value is -1.77. The Morgan fingerprint density at radius 3 is 2.93 bits per heavy atom. The van der Waals surface area contributed by atoms with E-state index in [4.69, 9.17) is 9.84 Å². The third kappa shape index (κ3) is 1.27. The molecule has 3 heteroatoms. The van der Waals surface area contributed by atoms with Crippen molar-refractivity contribution in [3.63, 3.8) is 0 Å². The molecular weight excluding hydrogens is 180 g/mol. The highest BCUT2D eigenvalue weighted by Crippen LogP contribution is 2.30. The van der Waals surface area contributed by atoms with Crippen LogP contribution in [0.25, 0.3) is 5.57 Å². The van der Waals surface area contributed by atoms with E-state index >= 15 is 0 Å². The zero-order chi connectivity index (χ0) is 10.1. The molecule has 0 aromatic heterocycles. The van der Waals surface area contributed by atoms with Crippen molar-refractivity contribution in [2.75, 3.05) is 7.11 Å². The van der Waals surface area contributed by atoms with Crippen molar-refractivity contribution in [1.82, 2.24) is 0 Å². The van der Waals surface area contributed by atoms with E-state index in [1.807, 2.05) is 6.07 Å². The van der Waals surface area contributed by atoms with Gasteiger partial charge < -0.3 is 9.84 Å². The minimum atomic E-state index is -0.867. The highest BCUT2D eigenvalue weighted by atomic mass is 16.5. The Balaban J connectivity index is 2.44. The Bertz CT molecular complexity index is 419. The van der Waals surface area contributed by atoms with Gasteiger partial charge in [0, 0.05) is 0 Å². The van der Waals surface area contributed by atoms with E-state index in [0.717, 1.165) is 16.9 Å². The first-order valence-corrected chi connectivity index (χ1v) is 4.33. The lowest BCUT2D eigenvalue weighted by Gasteiger charge is -2.04. The number of carboxylic acids is 1. The predicted octanol–water partition coefficient (Wildman–Crippen LogP) is 1.72. The molecule has 2 rings (SSSR count). The molecule has 1 aromatic rings. The van der Waals surface area contributed by atoms with Crippen LogP contribution in [0.4, 0.5) is 0 Å². The van der Waals surface area contributed by atoms with Gasteiger partial charge in [0.15, 0.2) is 0 Å². The molecule has 1 N–H and O–H groups in total. The molecule has 0 saturated heterocycles. The fourth-order valence-electron chi connectivity index (χ4n) is 1.65. The zero-order valence-corrected chi connectivity index (χ0v) is 7.78. The molecule has 0 heterocycles. The van der Waals surface area contributed by atoms with Crippen LogP contribution >= 0.6 is 0 Å². The fourth-order valence-corrected chi connectivity index (χ4v) is 1.65. The van der Waals surface area contributed by atoms with Crippen molar-refractivity contribution in [3.05, 3.63) is 35.4 Å². The van der Waals surface area contributed by atoms with Crippen LogP contribution in [0.3, 0.4) is 0 Å². The second-order valence-corrected chi connectivity index (χ2v) is 3.15. The number of carboxylic acid groups (broad SMARTS) is 1. The average molecular weight is 190 g/mol. The van der Waals surface area contributed by atoms with Gasteiger partial charge in [-0.05, 0) is 29.7 Å². The monoisotopic (exact) mass is 190 g/mol. The number of rotatable bonds is 2. The molecule has 0 fully saturated rings. The molecule has 1 aliphatic carbocycles. The summed E-state index contributed by atoms with van der Waals surface area (Å²) in [5.74, 6) is -0.0993. The summed E-state index contributed by atoms with van der Waals surface area (Å²) >= 11 is 0. The van der Waals surface area contributed by atoms with Crippen molar-refractivity contribution in [2.24, 2.45) is 0 Å². The van der Waals surface area contributed by atoms with Gasteiger partial charge in [-0.1, -0.05) is 12.1 Å². The maximum absolute atomic E-state index is 10.8. The van der Waals surface area contributed by atoms with E-state index in [9.17, 15) is 4.79 Å². The molecule has 0 amide bonds. The maximum atomic E-state index is 10.8. The summed E-state index contributed by atoms with van der Waals surface area (Å²) in [5, 5.41) is 8.89. The summed E-state index contributed by atoms with van der Waals surface area (Å²) in [5.41, 5.74) is 2.21. The normalized spacial score (nSPS) is 13.4. The van der Waals surface area contributed by atoms with Gasteiger partial charge in [-0.2, -0.15) is 0 Å². The lowest BCUT2D eigenvalue weighted by atomic mass is 10.1. The van der Waals surface area contributed by atoms with Crippen LogP contribution in [0.1, 0.15) is 11.1 Å². The summed E-state index contributed by atoms with van der Waals surface area (Å²) in [6.45, 7) is 0. The standard InChI is InChI=1S/C11H10O3/c1-14-8-3-5-9-7(6-8)2-4-10(9)11(12)13/h3-6H,2H2,1H3,(H,12,13). The van der Waals surface area contributed by atoms with E-state index in [0.29, 0.717) is 12.0 Å². The van der Waals surface area contributed by atoms with Crippen LogP contribution in [0.2, 0.25) is 0 Å². The third-order valence-electron chi connectivity index (χ3n) is 2.36. The smallest absolute Gasteiger partial charge is 0.335 e. The molecule has 0 saturated carbocycles. The van der Waals surface area contributed by atoms with Gasteiger partial charge in [0.05, 0.1) is 12.7 Å². The van der Waals surface area contributed by atoms with Crippen molar-refractivity contribution >= 4 is 11.5 Å². The first-order chi connectivity index (χ1) is 6.72.